The van der Waals surface area contributed by atoms with Gasteiger partial charge < -0.3 is 8.98 Å². The van der Waals surface area contributed by atoms with E-state index >= 15 is 0 Å². The second kappa shape index (κ2) is 5.93. The van der Waals surface area contributed by atoms with E-state index in [1.54, 1.807) is 12.1 Å². The summed E-state index contributed by atoms with van der Waals surface area (Å²) in [6.45, 7) is 2.70. The van der Waals surface area contributed by atoms with Crippen LogP contribution in [0.15, 0.2) is 63.5 Å². The molecular weight excluding hydrogens is 284 g/mol. The van der Waals surface area contributed by atoms with Crippen LogP contribution in [0.5, 0.6) is 0 Å². The van der Waals surface area contributed by atoms with Crippen molar-refractivity contribution < 1.29 is 9.21 Å². The van der Waals surface area contributed by atoms with Gasteiger partial charge in [0.2, 0.25) is 0 Å². The first kappa shape index (κ1) is 13.6. The molecule has 4 nitrogen and oxygen atoms in total. The molecule has 0 N–H and O–H groups in total. The van der Waals surface area contributed by atoms with E-state index in [9.17, 15) is 4.79 Å². The summed E-state index contributed by atoms with van der Waals surface area (Å²) in [5, 5.41) is 2.00. The molecule has 3 rings (SSSR count). The number of carbonyl (C=O) groups is 1. The Morgan fingerprint density at radius 1 is 1.24 bits per heavy atom. The van der Waals surface area contributed by atoms with Gasteiger partial charge >= 0.3 is 5.91 Å². The standard InChI is InChI=1S/C16H14N2O2S/c1-12-11-21-16(17-15(19)14-8-5-9-20-14)18(12)10-13-6-3-2-4-7-13/h2-9,11H,10H2,1H3. The lowest BCUT2D eigenvalue weighted by Gasteiger charge is -2.05. The molecule has 21 heavy (non-hydrogen) atoms. The van der Waals surface area contributed by atoms with Crippen molar-refractivity contribution in [2.24, 2.45) is 4.99 Å². The minimum atomic E-state index is -0.358. The number of nitrogens with zero attached hydrogens (tertiary/aromatic N) is 2. The quantitative estimate of drug-likeness (QED) is 0.745. The molecule has 0 fully saturated rings. The number of carbonyl (C=O) groups excluding carboxylic acids is 1. The van der Waals surface area contributed by atoms with Crippen LogP contribution in [0.25, 0.3) is 0 Å². The fourth-order valence-electron chi connectivity index (χ4n) is 2.00. The molecule has 0 saturated carbocycles. The number of furan rings is 1. The molecule has 0 spiro atoms. The molecular formula is C16H14N2O2S. The van der Waals surface area contributed by atoms with Crippen molar-refractivity contribution in [2.45, 2.75) is 13.5 Å². The molecule has 0 radical (unpaired) electrons. The van der Waals surface area contributed by atoms with Crippen LogP contribution in [0.2, 0.25) is 0 Å². The lowest BCUT2D eigenvalue weighted by Crippen LogP contribution is -2.18. The number of aryl methyl sites for hydroxylation is 1. The summed E-state index contributed by atoms with van der Waals surface area (Å²) in [6, 6.07) is 13.4. The number of thiazole rings is 1. The van der Waals surface area contributed by atoms with Crippen LogP contribution >= 0.6 is 11.3 Å². The van der Waals surface area contributed by atoms with E-state index < -0.39 is 0 Å². The Morgan fingerprint density at radius 3 is 2.76 bits per heavy atom. The largest absolute Gasteiger partial charge is 0.459 e. The van der Waals surface area contributed by atoms with E-state index in [-0.39, 0.29) is 11.7 Å². The minimum absolute atomic E-state index is 0.257. The van der Waals surface area contributed by atoms with Crippen LogP contribution in [0.4, 0.5) is 0 Å². The maximum atomic E-state index is 12.0. The van der Waals surface area contributed by atoms with Crippen molar-refractivity contribution in [3.8, 4) is 0 Å². The molecule has 0 unspecified atom stereocenters. The van der Waals surface area contributed by atoms with E-state index in [1.165, 1.54) is 23.2 Å². The number of amides is 1. The molecule has 5 heteroatoms. The third kappa shape index (κ3) is 3.03. The van der Waals surface area contributed by atoms with Crippen LogP contribution in [0, 0.1) is 6.92 Å². The molecule has 3 aromatic rings. The van der Waals surface area contributed by atoms with Crippen LogP contribution in [-0.4, -0.2) is 10.5 Å². The normalized spacial score (nSPS) is 11.8. The molecule has 106 valence electrons. The predicted octanol–water partition coefficient (Wildman–Crippen LogP) is 3.24. The summed E-state index contributed by atoms with van der Waals surface area (Å²) < 4.78 is 7.11. The molecule has 1 amide bonds. The highest BCUT2D eigenvalue weighted by Crippen LogP contribution is 2.07. The monoisotopic (exact) mass is 298 g/mol. The van der Waals surface area contributed by atoms with Gasteiger partial charge in [0.15, 0.2) is 10.6 Å². The summed E-state index contributed by atoms with van der Waals surface area (Å²) in [4.78, 5) is 16.9. The third-order valence-electron chi connectivity index (χ3n) is 3.10. The predicted molar refractivity (Wildman–Crippen MR) is 81.2 cm³/mol. The number of hydrogen-bond acceptors (Lipinski definition) is 3. The highest BCUT2D eigenvalue weighted by molar-refractivity contribution is 7.07. The fourth-order valence-corrected chi connectivity index (χ4v) is 2.88. The van der Waals surface area contributed by atoms with Gasteiger partial charge in [-0.15, -0.1) is 11.3 Å². The third-order valence-corrected chi connectivity index (χ3v) is 4.09. The van der Waals surface area contributed by atoms with Gasteiger partial charge in [-0.3, -0.25) is 4.79 Å². The van der Waals surface area contributed by atoms with Crippen molar-refractivity contribution >= 4 is 17.2 Å². The van der Waals surface area contributed by atoms with Gasteiger partial charge in [0.25, 0.3) is 0 Å². The second-order valence-electron chi connectivity index (χ2n) is 4.63. The highest BCUT2D eigenvalue weighted by Gasteiger charge is 2.09. The van der Waals surface area contributed by atoms with Crippen molar-refractivity contribution in [1.82, 2.24) is 4.57 Å². The van der Waals surface area contributed by atoms with Crippen LogP contribution in [0.3, 0.4) is 0 Å². The Labute approximate surface area is 126 Å². The molecule has 0 atom stereocenters. The average Bonchev–Trinajstić information content (AvgIpc) is 3.13. The van der Waals surface area contributed by atoms with Gasteiger partial charge in [0.1, 0.15) is 0 Å². The molecule has 0 aliphatic carbocycles. The molecule has 0 saturated heterocycles. The Kier molecular flexibility index (Phi) is 3.83. The van der Waals surface area contributed by atoms with Gasteiger partial charge in [0, 0.05) is 11.1 Å². The van der Waals surface area contributed by atoms with Crippen molar-refractivity contribution in [2.75, 3.05) is 0 Å². The van der Waals surface area contributed by atoms with Crippen LogP contribution in [0.1, 0.15) is 21.8 Å². The fraction of sp³-hybridized carbons (Fsp3) is 0.125. The van der Waals surface area contributed by atoms with Crippen molar-refractivity contribution in [3.05, 3.63) is 75.9 Å². The lowest BCUT2D eigenvalue weighted by atomic mass is 10.2. The van der Waals surface area contributed by atoms with E-state index in [0.29, 0.717) is 11.3 Å². The van der Waals surface area contributed by atoms with E-state index in [2.05, 4.69) is 17.1 Å². The summed E-state index contributed by atoms with van der Waals surface area (Å²) >= 11 is 1.45. The zero-order chi connectivity index (χ0) is 14.7. The van der Waals surface area contributed by atoms with Gasteiger partial charge in [-0.25, -0.2) is 0 Å². The molecule has 1 aromatic carbocycles. The first-order valence-corrected chi connectivity index (χ1v) is 7.43. The Balaban J connectivity index is 1.95. The van der Waals surface area contributed by atoms with E-state index in [4.69, 9.17) is 4.42 Å². The first-order chi connectivity index (χ1) is 10.2. The zero-order valence-corrected chi connectivity index (χ0v) is 12.3. The molecule has 0 aliphatic rings. The molecule has 2 heterocycles. The summed E-state index contributed by atoms with van der Waals surface area (Å²) in [5.41, 5.74) is 2.25. The molecule has 0 aliphatic heterocycles. The SMILES string of the molecule is Cc1csc(=NC(=O)c2ccco2)n1Cc1ccccc1. The number of benzene rings is 1. The molecule has 0 bridgehead atoms. The van der Waals surface area contributed by atoms with E-state index in [1.807, 2.05) is 35.1 Å². The molecule has 2 aromatic heterocycles. The number of rotatable bonds is 3. The van der Waals surface area contributed by atoms with Crippen LogP contribution < -0.4 is 4.80 Å². The smallest absolute Gasteiger partial charge is 0.315 e. The summed E-state index contributed by atoms with van der Waals surface area (Å²) in [5.74, 6) is -0.101. The van der Waals surface area contributed by atoms with Gasteiger partial charge in [-0.2, -0.15) is 4.99 Å². The average molecular weight is 298 g/mol. The summed E-state index contributed by atoms with van der Waals surface area (Å²) in [7, 11) is 0. The number of aromatic nitrogens is 1. The Morgan fingerprint density at radius 2 is 2.05 bits per heavy atom. The van der Waals surface area contributed by atoms with Gasteiger partial charge in [-0.05, 0) is 24.6 Å². The Hall–Kier alpha value is -2.40. The minimum Gasteiger partial charge on any atom is -0.459 e. The Bertz CT molecular complexity index is 798. The van der Waals surface area contributed by atoms with Crippen molar-refractivity contribution in [3.63, 3.8) is 0 Å². The van der Waals surface area contributed by atoms with Gasteiger partial charge in [0.05, 0.1) is 12.8 Å². The number of hydrogen-bond donors (Lipinski definition) is 0. The van der Waals surface area contributed by atoms with Crippen molar-refractivity contribution in [1.29, 1.82) is 0 Å². The maximum Gasteiger partial charge on any atom is 0.315 e. The summed E-state index contributed by atoms with van der Waals surface area (Å²) in [6.07, 6.45) is 1.47. The second-order valence-corrected chi connectivity index (χ2v) is 5.46. The highest BCUT2D eigenvalue weighted by atomic mass is 32.1. The zero-order valence-electron chi connectivity index (χ0n) is 11.5. The van der Waals surface area contributed by atoms with E-state index in [0.717, 1.165) is 5.69 Å². The topological polar surface area (TPSA) is 47.5 Å². The maximum absolute atomic E-state index is 12.0. The lowest BCUT2D eigenvalue weighted by molar-refractivity contribution is 0.0971. The van der Waals surface area contributed by atoms with Crippen LogP contribution in [-0.2, 0) is 6.54 Å². The van der Waals surface area contributed by atoms with Gasteiger partial charge in [-0.1, -0.05) is 30.3 Å². The first-order valence-electron chi connectivity index (χ1n) is 6.55.